The predicted molar refractivity (Wildman–Crippen MR) is 103 cm³/mol. The number of rotatable bonds is 6. The van der Waals surface area contributed by atoms with Crippen molar-refractivity contribution in [3.05, 3.63) is 73.3 Å². The molecule has 0 aliphatic heterocycles. The van der Waals surface area contributed by atoms with Crippen LogP contribution in [0.15, 0.2) is 73.3 Å². The Bertz CT molecular complexity index is 574. The van der Waals surface area contributed by atoms with E-state index in [1.165, 1.54) is 10.4 Å². The molecule has 0 saturated heterocycles. The van der Waals surface area contributed by atoms with Gasteiger partial charge < -0.3 is 4.43 Å². The van der Waals surface area contributed by atoms with Crippen LogP contribution in [0.25, 0.3) is 0 Å². The molecule has 0 unspecified atom stereocenters. The molecule has 2 rings (SSSR count). The molecule has 0 amide bonds. The average molecular weight is 325 g/mol. The fourth-order valence-corrected chi connectivity index (χ4v) is 7.99. The summed E-state index contributed by atoms with van der Waals surface area (Å²) in [6.07, 6.45) is 2.96. The lowest BCUT2D eigenvalue weighted by atomic mass is 10.2. The highest BCUT2D eigenvalue weighted by Crippen LogP contribution is 2.37. The van der Waals surface area contributed by atoms with E-state index in [4.69, 9.17) is 4.43 Å². The molecule has 0 heterocycles. The molecule has 2 aromatic carbocycles. The fraction of sp³-hybridized carbons (Fsp3) is 0.333. The minimum absolute atomic E-state index is 0.0329. The molecule has 0 spiro atoms. The van der Waals surface area contributed by atoms with Crippen LogP contribution in [0.2, 0.25) is 5.04 Å². The highest BCUT2D eigenvalue weighted by molar-refractivity contribution is 6.99. The Morgan fingerprint density at radius 2 is 1.39 bits per heavy atom. The monoisotopic (exact) mass is 324 g/mol. The van der Waals surface area contributed by atoms with Crippen LogP contribution >= 0.6 is 0 Å². The third kappa shape index (κ3) is 3.65. The van der Waals surface area contributed by atoms with E-state index in [1.54, 1.807) is 0 Å². The summed E-state index contributed by atoms with van der Waals surface area (Å²) >= 11 is 0. The van der Waals surface area contributed by atoms with Crippen molar-refractivity contribution >= 4 is 18.7 Å². The quantitative estimate of drug-likeness (QED) is 0.560. The molecular weight excluding hydrogens is 296 g/mol. The molecule has 122 valence electrons. The van der Waals surface area contributed by atoms with Gasteiger partial charge in [0.15, 0.2) is 0 Å². The second-order valence-electron chi connectivity index (χ2n) is 7.12. The fourth-order valence-electron chi connectivity index (χ4n) is 3.28. The maximum absolute atomic E-state index is 6.88. The molecule has 0 aliphatic carbocycles. The van der Waals surface area contributed by atoms with Crippen molar-refractivity contribution in [3.63, 3.8) is 0 Å². The van der Waals surface area contributed by atoms with Crippen LogP contribution in [0.1, 0.15) is 34.1 Å². The Hall–Kier alpha value is -1.64. The summed E-state index contributed by atoms with van der Waals surface area (Å²) in [6, 6.07) is 21.5. The lowest BCUT2D eigenvalue weighted by Gasteiger charge is -2.44. The van der Waals surface area contributed by atoms with Gasteiger partial charge in [-0.05, 0) is 28.8 Å². The van der Waals surface area contributed by atoms with Crippen LogP contribution in [-0.4, -0.2) is 14.4 Å². The molecule has 0 aromatic heterocycles. The van der Waals surface area contributed by atoms with E-state index in [9.17, 15) is 0 Å². The van der Waals surface area contributed by atoms with Gasteiger partial charge in [0, 0.05) is 6.10 Å². The highest BCUT2D eigenvalue weighted by Gasteiger charge is 2.50. The van der Waals surface area contributed by atoms with E-state index >= 15 is 0 Å². The van der Waals surface area contributed by atoms with Crippen LogP contribution in [0.3, 0.4) is 0 Å². The van der Waals surface area contributed by atoms with Gasteiger partial charge in [-0.2, -0.15) is 0 Å². The molecule has 0 saturated carbocycles. The molecule has 0 bridgehead atoms. The second-order valence-corrected chi connectivity index (χ2v) is 11.4. The van der Waals surface area contributed by atoms with Crippen molar-refractivity contribution in [2.24, 2.45) is 0 Å². The van der Waals surface area contributed by atoms with Crippen LogP contribution in [0.5, 0.6) is 0 Å². The maximum Gasteiger partial charge on any atom is 0.261 e. The molecule has 0 radical (unpaired) electrons. The van der Waals surface area contributed by atoms with Gasteiger partial charge >= 0.3 is 0 Å². The summed E-state index contributed by atoms with van der Waals surface area (Å²) in [7, 11) is -2.40. The topological polar surface area (TPSA) is 9.23 Å². The zero-order valence-electron chi connectivity index (χ0n) is 14.8. The Kier molecular flexibility index (Phi) is 5.61. The van der Waals surface area contributed by atoms with E-state index in [2.05, 4.69) is 94.9 Å². The normalized spacial score (nSPS) is 13.6. The molecule has 0 fully saturated rings. The van der Waals surface area contributed by atoms with Crippen molar-refractivity contribution in [1.29, 1.82) is 0 Å². The Labute approximate surface area is 142 Å². The van der Waals surface area contributed by atoms with E-state index < -0.39 is 8.32 Å². The van der Waals surface area contributed by atoms with Crippen molar-refractivity contribution in [2.75, 3.05) is 0 Å². The Morgan fingerprint density at radius 3 is 1.74 bits per heavy atom. The first-order valence-corrected chi connectivity index (χ1v) is 10.2. The molecule has 23 heavy (non-hydrogen) atoms. The minimum Gasteiger partial charge on any atom is -0.404 e. The van der Waals surface area contributed by atoms with Gasteiger partial charge in [-0.1, -0.05) is 87.5 Å². The summed E-state index contributed by atoms with van der Waals surface area (Å²) in [4.78, 5) is 0. The first kappa shape index (κ1) is 17.7. The SMILES string of the molecule is C=CC[C@@H](C)O[Si](c1ccccc1)(c1ccccc1)C(C)(C)C. The van der Waals surface area contributed by atoms with Gasteiger partial charge in [-0.25, -0.2) is 0 Å². The van der Waals surface area contributed by atoms with Gasteiger partial charge in [0.1, 0.15) is 0 Å². The maximum atomic E-state index is 6.88. The average Bonchev–Trinajstić information content (AvgIpc) is 2.53. The zero-order valence-corrected chi connectivity index (χ0v) is 15.8. The van der Waals surface area contributed by atoms with Crippen molar-refractivity contribution < 1.29 is 4.43 Å². The van der Waals surface area contributed by atoms with Gasteiger partial charge in [-0.3, -0.25) is 0 Å². The summed E-state index contributed by atoms with van der Waals surface area (Å²) < 4.78 is 6.88. The van der Waals surface area contributed by atoms with Crippen molar-refractivity contribution in [3.8, 4) is 0 Å². The summed E-state index contributed by atoms with van der Waals surface area (Å²) in [5.74, 6) is 0. The minimum atomic E-state index is -2.40. The van der Waals surface area contributed by atoms with Gasteiger partial charge in [0.25, 0.3) is 8.32 Å². The highest BCUT2D eigenvalue weighted by atomic mass is 28.4. The van der Waals surface area contributed by atoms with Crippen molar-refractivity contribution in [1.82, 2.24) is 0 Å². The molecule has 0 aliphatic rings. The molecule has 0 N–H and O–H groups in total. The molecule has 2 heteroatoms. The standard InChI is InChI=1S/C21H28OSi/c1-6-13-18(2)22-23(21(3,4)5,19-14-9-7-10-15-19)20-16-11-8-12-17-20/h6-12,14-18H,1,13H2,2-5H3/t18-/m1/s1. The lowest BCUT2D eigenvalue weighted by molar-refractivity contribution is 0.210. The van der Waals surface area contributed by atoms with Crippen molar-refractivity contribution in [2.45, 2.75) is 45.3 Å². The first-order valence-electron chi connectivity index (χ1n) is 8.31. The molecule has 1 nitrogen and oxygen atoms in total. The van der Waals surface area contributed by atoms with Gasteiger partial charge in [0.2, 0.25) is 0 Å². The van der Waals surface area contributed by atoms with Crippen LogP contribution in [0.4, 0.5) is 0 Å². The van der Waals surface area contributed by atoms with Crippen LogP contribution in [0, 0.1) is 0 Å². The van der Waals surface area contributed by atoms with E-state index in [-0.39, 0.29) is 11.1 Å². The smallest absolute Gasteiger partial charge is 0.261 e. The summed E-state index contributed by atoms with van der Waals surface area (Å²) in [6.45, 7) is 12.9. The third-order valence-electron chi connectivity index (χ3n) is 4.29. The number of hydrogen-bond acceptors (Lipinski definition) is 1. The lowest BCUT2D eigenvalue weighted by Crippen LogP contribution is -2.67. The van der Waals surface area contributed by atoms with Gasteiger partial charge in [-0.15, -0.1) is 6.58 Å². The third-order valence-corrected chi connectivity index (χ3v) is 9.45. The first-order chi connectivity index (χ1) is 10.9. The Morgan fingerprint density at radius 1 is 0.957 bits per heavy atom. The molecule has 1 atom stereocenters. The number of hydrogen-bond donors (Lipinski definition) is 0. The second kappa shape index (κ2) is 7.29. The van der Waals surface area contributed by atoms with E-state index in [0.717, 1.165) is 6.42 Å². The molecule has 2 aromatic rings. The van der Waals surface area contributed by atoms with E-state index in [1.807, 2.05) is 6.08 Å². The largest absolute Gasteiger partial charge is 0.404 e. The van der Waals surface area contributed by atoms with Crippen LogP contribution in [-0.2, 0) is 4.43 Å². The summed E-state index contributed by atoms with van der Waals surface area (Å²) in [5.41, 5.74) is 0. The number of benzene rings is 2. The van der Waals surface area contributed by atoms with Gasteiger partial charge in [0.05, 0.1) is 0 Å². The predicted octanol–water partition coefficient (Wildman–Crippen LogP) is 4.53. The summed E-state index contributed by atoms with van der Waals surface area (Å²) in [5, 5.41) is 2.69. The zero-order chi connectivity index (χ0) is 16.9. The van der Waals surface area contributed by atoms with E-state index in [0.29, 0.717) is 0 Å². The van der Waals surface area contributed by atoms with Crippen LogP contribution < -0.4 is 10.4 Å². The molecular formula is C21H28OSi. The Balaban J connectivity index is 2.67.